The number of amides is 1. The molecule has 0 saturated carbocycles. The van der Waals surface area contributed by atoms with Gasteiger partial charge in [-0.3, -0.25) is 4.79 Å². The van der Waals surface area contributed by atoms with Gasteiger partial charge in [0.05, 0.1) is 12.3 Å². The molecule has 24 heavy (non-hydrogen) atoms. The fraction of sp³-hybridized carbons (Fsp3) is 0.222. The molecule has 2 aromatic rings. The maximum Gasteiger partial charge on any atom is 0.277 e. The third kappa shape index (κ3) is 4.74. The van der Waals surface area contributed by atoms with Crippen LogP contribution in [0.1, 0.15) is 19.4 Å². The van der Waals surface area contributed by atoms with Crippen LogP contribution in [0.25, 0.3) is 0 Å². The quantitative estimate of drug-likeness (QED) is 0.605. The summed E-state index contributed by atoms with van der Waals surface area (Å²) < 4.78 is 10.9. The summed E-state index contributed by atoms with van der Waals surface area (Å²) in [6, 6.07) is 13.9. The van der Waals surface area contributed by atoms with E-state index < -0.39 is 5.91 Å². The molecule has 6 nitrogen and oxygen atoms in total. The lowest BCUT2D eigenvalue weighted by Crippen LogP contribution is -2.25. The van der Waals surface area contributed by atoms with Crippen molar-refractivity contribution >= 4 is 11.6 Å². The third-order valence-electron chi connectivity index (χ3n) is 3.15. The number of hydrogen-bond acceptors (Lipinski definition) is 5. The summed E-state index contributed by atoms with van der Waals surface area (Å²) in [4.78, 5) is 11.9. The van der Waals surface area contributed by atoms with Crippen LogP contribution in [-0.2, 0) is 4.79 Å². The number of hydrogen-bond donors (Lipinski definition) is 2. The molecular formula is C18H20N2O4. The molecule has 126 valence electrons. The summed E-state index contributed by atoms with van der Waals surface area (Å²) in [5.74, 6) is 0.781. The highest BCUT2D eigenvalue weighted by Gasteiger charge is 2.08. The molecule has 0 unspecified atom stereocenters. The van der Waals surface area contributed by atoms with Crippen LogP contribution in [0.5, 0.6) is 17.2 Å². The molecule has 0 atom stereocenters. The Kier molecular flexibility index (Phi) is 6.19. The minimum atomic E-state index is -0.406. The lowest BCUT2D eigenvalue weighted by atomic mass is 10.1. The summed E-state index contributed by atoms with van der Waals surface area (Å²) in [6.45, 7) is 3.89. The summed E-state index contributed by atoms with van der Waals surface area (Å²) in [5, 5.41) is 13.7. The Bertz CT molecular complexity index is 728. The highest BCUT2D eigenvalue weighted by Crippen LogP contribution is 2.26. The van der Waals surface area contributed by atoms with Gasteiger partial charge in [0.25, 0.3) is 5.91 Å². The normalized spacial score (nSPS) is 11.0. The van der Waals surface area contributed by atoms with Crippen molar-refractivity contribution in [2.45, 2.75) is 13.8 Å². The van der Waals surface area contributed by atoms with Gasteiger partial charge in [-0.15, -0.1) is 0 Å². The number of ether oxygens (including phenoxy) is 2. The van der Waals surface area contributed by atoms with Crippen molar-refractivity contribution < 1.29 is 19.4 Å². The number of para-hydroxylation sites is 3. The Morgan fingerprint density at radius 1 is 1.08 bits per heavy atom. The van der Waals surface area contributed by atoms with Crippen LogP contribution in [0.3, 0.4) is 0 Å². The van der Waals surface area contributed by atoms with Crippen LogP contribution in [-0.4, -0.2) is 29.9 Å². The minimum absolute atomic E-state index is 0.106. The zero-order valence-electron chi connectivity index (χ0n) is 13.7. The first-order valence-corrected chi connectivity index (χ1v) is 7.58. The molecule has 0 aliphatic rings. The van der Waals surface area contributed by atoms with Crippen molar-refractivity contribution in [2.75, 3.05) is 13.2 Å². The molecule has 2 rings (SSSR count). The van der Waals surface area contributed by atoms with Crippen molar-refractivity contribution in [1.82, 2.24) is 5.43 Å². The second-order valence-corrected chi connectivity index (χ2v) is 4.92. The molecule has 0 fully saturated rings. The van der Waals surface area contributed by atoms with E-state index in [0.29, 0.717) is 29.4 Å². The molecule has 1 amide bonds. The number of nitrogens with zero attached hydrogens (tertiary/aromatic N) is 1. The standard InChI is InChI=1S/C18H20N2O4/c1-3-23-16-10-6-7-11-17(16)24-12-18(22)20-19-13(2)14-8-4-5-9-15(14)21/h4-11,21H,3,12H2,1-2H3,(H,20,22). The summed E-state index contributed by atoms with van der Waals surface area (Å²) in [6.07, 6.45) is 0. The summed E-state index contributed by atoms with van der Waals surface area (Å²) in [5.41, 5.74) is 3.45. The maximum absolute atomic E-state index is 11.9. The topological polar surface area (TPSA) is 80.2 Å². The largest absolute Gasteiger partial charge is 0.507 e. The van der Waals surface area contributed by atoms with Crippen molar-refractivity contribution in [3.63, 3.8) is 0 Å². The fourth-order valence-electron chi connectivity index (χ4n) is 2.01. The zero-order valence-corrected chi connectivity index (χ0v) is 13.7. The average molecular weight is 328 g/mol. The van der Waals surface area contributed by atoms with Gasteiger partial charge in [-0.05, 0) is 38.1 Å². The lowest BCUT2D eigenvalue weighted by Gasteiger charge is -2.11. The van der Waals surface area contributed by atoms with E-state index in [1.54, 1.807) is 49.4 Å². The monoisotopic (exact) mass is 328 g/mol. The number of hydrazone groups is 1. The third-order valence-corrected chi connectivity index (χ3v) is 3.15. The highest BCUT2D eigenvalue weighted by atomic mass is 16.5. The van der Waals surface area contributed by atoms with E-state index in [-0.39, 0.29) is 12.4 Å². The first kappa shape index (κ1) is 17.3. The van der Waals surface area contributed by atoms with Crippen molar-refractivity contribution in [3.05, 3.63) is 54.1 Å². The number of benzene rings is 2. The molecule has 0 heterocycles. The Hall–Kier alpha value is -3.02. The number of phenolic OH excluding ortho intramolecular Hbond substituents is 1. The van der Waals surface area contributed by atoms with Gasteiger partial charge in [0.15, 0.2) is 18.1 Å². The fourth-order valence-corrected chi connectivity index (χ4v) is 2.01. The molecule has 6 heteroatoms. The van der Waals surface area contributed by atoms with Gasteiger partial charge in [0, 0.05) is 5.56 Å². The van der Waals surface area contributed by atoms with Crippen molar-refractivity contribution in [3.8, 4) is 17.2 Å². The van der Waals surface area contributed by atoms with Gasteiger partial charge in [-0.25, -0.2) is 5.43 Å². The van der Waals surface area contributed by atoms with Gasteiger partial charge >= 0.3 is 0 Å². The van der Waals surface area contributed by atoms with Crippen LogP contribution >= 0.6 is 0 Å². The molecule has 0 radical (unpaired) electrons. The molecule has 0 spiro atoms. The number of nitrogens with one attached hydrogen (secondary N) is 1. The Labute approximate surface area is 140 Å². The van der Waals surface area contributed by atoms with E-state index in [1.807, 2.05) is 13.0 Å². The van der Waals surface area contributed by atoms with E-state index in [2.05, 4.69) is 10.5 Å². The van der Waals surface area contributed by atoms with E-state index in [1.165, 1.54) is 0 Å². The van der Waals surface area contributed by atoms with E-state index in [0.717, 1.165) is 0 Å². The molecule has 0 aromatic heterocycles. The zero-order chi connectivity index (χ0) is 17.4. The van der Waals surface area contributed by atoms with Gasteiger partial charge in [0.2, 0.25) is 0 Å². The van der Waals surface area contributed by atoms with E-state index in [4.69, 9.17) is 9.47 Å². The van der Waals surface area contributed by atoms with Gasteiger partial charge < -0.3 is 14.6 Å². The van der Waals surface area contributed by atoms with Crippen LogP contribution in [0.4, 0.5) is 0 Å². The summed E-state index contributed by atoms with van der Waals surface area (Å²) >= 11 is 0. The van der Waals surface area contributed by atoms with Gasteiger partial charge in [0.1, 0.15) is 5.75 Å². The molecule has 0 aliphatic carbocycles. The minimum Gasteiger partial charge on any atom is -0.507 e. The molecule has 0 bridgehead atoms. The molecule has 0 aliphatic heterocycles. The molecule has 0 saturated heterocycles. The Morgan fingerprint density at radius 2 is 1.71 bits per heavy atom. The second-order valence-electron chi connectivity index (χ2n) is 4.92. The molecule has 2 N–H and O–H groups in total. The number of phenols is 1. The van der Waals surface area contributed by atoms with Crippen LogP contribution in [0.15, 0.2) is 53.6 Å². The van der Waals surface area contributed by atoms with Crippen molar-refractivity contribution in [2.24, 2.45) is 5.10 Å². The average Bonchev–Trinajstić information content (AvgIpc) is 2.59. The molecular weight excluding hydrogens is 308 g/mol. The first-order valence-electron chi connectivity index (χ1n) is 7.58. The highest BCUT2D eigenvalue weighted by molar-refractivity contribution is 6.01. The number of rotatable bonds is 7. The Morgan fingerprint density at radius 3 is 2.38 bits per heavy atom. The maximum atomic E-state index is 11.9. The van der Waals surface area contributed by atoms with Gasteiger partial charge in [-0.2, -0.15) is 5.10 Å². The summed E-state index contributed by atoms with van der Waals surface area (Å²) in [7, 11) is 0. The first-order chi connectivity index (χ1) is 11.6. The number of aromatic hydroxyl groups is 1. The second kappa shape index (κ2) is 8.57. The number of carbonyl (C=O) groups excluding carboxylic acids is 1. The smallest absolute Gasteiger partial charge is 0.277 e. The predicted molar refractivity (Wildman–Crippen MR) is 91.6 cm³/mol. The van der Waals surface area contributed by atoms with Gasteiger partial charge in [-0.1, -0.05) is 24.3 Å². The molecule has 2 aromatic carbocycles. The Balaban J connectivity index is 1.92. The predicted octanol–water partition coefficient (Wildman–Crippen LogP) is 2.71. The van der Waals surface area contributed by atoms with E-state index >= 15 is 0 Å². The SMILES string of the molecule is CCOc1ccccc1OCC(=O)NN=C(C)c1ccccc1O. The van der Waals surface area contributed by atoms with E-state index in [9.17, 15) is 9.90 Å². The van der Waals surface area contributed by atoms with Crippen LogP contribution < -0.4 is 14.9 Å². The van der Waals surface area contributed by atoms with Crippen molar-refractivity contribution in [1.29, 1.82) is 0 Å². The van der Waals surface area contributed by atoms with Crippen LogP contribution in [0, 0.1) is 0 Å². The van der Waals surface area contributed by atoms with Crippen LogP contribution in [0.2, 0.25) is 0 Å². The lowest BCUT2D eigenvalue weighted by molar-refractivity contribution is -0.123. The number of carbonyl (C=O) groups is 1.